The summed E-state index contributed by atoms with van der Waals surface area (Å²) in [5.74, 6) is -0.268. The highest BCUT2D eigenvalue weighted by Gasteiger charge is 2.04. The van der Waals surface area contributed by atoms with Gasteiger partial charge >= 0.3 is 0 Å². The van der Waals surface area contributed by atoms with E-state index in [1.807, 2.05) is 0 Å². The average molecular weight is 255 g/mol. The van der Waals surface area contributed by atoms with Gasteiger partial charge in [-0.05, 0) is 18.2 Å². The Morgan fingerprint density at radius 3 is 2.53 bits per heavy atom. The number of primary amides is 1. The van der Waals surface area contributed by atoms with Crippen molar-refractivity contribution in [2.45, 2.75) is 6.92 Å². The Kier molecular flexibility index (Phi) is 3.51. The normalized spacial score (nSPS) is 9.95. The molecule has 2 aromatic rings. The molecule has 19 heavy (non-hydrogen) atoms. The second-order valence-electron chi connectivity index (χ2n) is 3.83. The number of aromatic nitrogens is 2. The van der Waals surface area contributed by atoms with Crippen LogP contribution >= 0.6 is 0 Å². The Hall–Kier alpha value is -2.76. The van der Waals surface area contributed by atoms with E-state index >= 15 is 0 Å². The summed E-state index contributed by atoms with van der Waals surface area (Å²) in [5, 5.41) is 2.57. The second kappa shape index (κ2) is 5.26. The zero-order chi connectivity index (χ0) is 13.8. The number of carbonyl (C=O) groups excluding carboxylic acids is 2. The predicted molar refractivity (Wildman–Crippen MR) is 69.1 cm³/mol. The fourth-order valence-corrected chi connectivity index (χ4v) is 1.44. The maximum atomic E-state index is 10.9. The van der Waals surface area contributed by atoms with Crippen LogP contribution in [-0.4, -0.2) is 21.8 Å². The van der Waals surface area contributed by atoms with Crippen molar-refractivity contribution >= 4 is 17.6 Å². The van der Waals surface area contributed by atoms with Gasteiger partial charge < -0.3 is 11.1 Å². The first-order chi connectivity index (χ1) is 9.06. The van der Waals surface area contributed by atoms with E-state index in [1.54, 1.807) is 18.3 Å². The van der Waals surface area contributed by atoms with Crippen molar-refractivity contribution < 1.29 is 9.59 Å². The first-order valence-electron chi connectivity index (χ1n) is 5.48. The molecule has 6 nitrogen and oxygen atoms in total. The average Bonchev–Trinajstić information content (AvgIpc) is 2.39. The van der Waals surface area contributed by atoms with Crippen molar-refractivity contribution in [1.29, 1.82) is 0 Å². The lowest BCUT2D eigenvalue weighted by atomic mass is 10.1. The number of anilines is 1. The Labute approximate surface area is 109 Å². The van der Waals surface area contributed by atoms with Gasteiger partial charge in [-0.15, -0.1) is 0 Å². The van der Waals surface area contributed by atoms with Crippen LogP contribution in [0.2, 0.25) is 0 Å². The molecule has 0 aromatic carbocycles. The number of nitrogens with two attached hydrogens (primary N) is 1. The molecule has 0 aliphatic heterocycles. The SMILES string of the molecule is CC(=O)Nc1ccc(-c2[c]cc(C(N)=O)cn2)cn1. The number of pyridine rings is 2. The summed E-state index contributed by atoms with van der Waals surface area (Å²) in [5.41, 5.74) is 6.69. The number of hydrogen-bond acceptors (Lipinski definition) is 4. The summed E-state index contributed by atoms with van der Waals surface area (Å²) >= 11 is 0. The largest absolute Gasteiger partial charge is 0.366 e. The molecule has 0 atom stereocenters. The highest BCUT2D eigenvalue weighted by atomic mass is 16.1. The van der Waals surface area contributed by atoms with Crippen LogP contribution in [0.5, 0.6) is 0 Å². The van der Waals surface area contributed by atoms with Gasteiger partial charge in [-0.1, -0.05) is 0 Å². The Morgan fingerprint density at radius 1 is 1.26 bits per heavy atom. The molecule has 1 radical (unpaired) electrons. The molecule has 0 saturated heterocycles. The van der Waals surface area contributed by atoms with E-state index in [-0.39, 0.29) is 5.91 Å². The summed E-state index contributed by atoms with van der Waals surface area (Å²) in [4.78, 5) is 29.9. The third kappa shape index (κ3) is 3.12. The lowest BCUT2D eigenvalue weighted by Gasteiger charge is -2.03. The van der Waals surface area contributed by atoms with Crippen LogP contribution in [0.4, 0.5) is 5.82 Å². The van der Waals surface area contributed by atoms with E-state index in [0.717, 1.165) is 5.56 Å². The molecule has 2 aromatic heterocycles. The number of rotatable bonds is 3. The second-order valence-corrected chi connectivity index (χ2v) is 3.83. The lowest BCUT2D eigenvalue weighted by molar-refractivity contribution is -0.114. The van der Waals surface area contributed by atoms with Gasteiger partial charge in [0.25, 0.3) is 0 Å². The maximum absolute atomic E-state index is 10.9. The van der Waals surface area contributed by atoms with Crippen LogP contribution in [-0.2, 0) is 4.79 Å². The van der Waals surface area contributed by atoms with E-state index in [0.29, 0.717) is 17.1 Å². The molecule has 0 aliphatic carbocycles. The minimum atomic E-state index is -0.547. The quantitative estimate of drug-likeness (QED) is 0.854. The number of nitrogens with zero attached hydrogens (tertiary/aromatic N) is 2. The third-order valence-corrected chi connectivity index (χ3v) is 2.32. The Bertz CT molecular complexity index is 606. The van der Waals surface area contributed by atoms with E-state index in [9.17, 15) is 9.59 Å². The molecule has 2 heterocycles. The van der Waals surface area contributed by atoms with Crippen molar-refractivity contribution in [3.8, 4) is 11.3 Å². The Morgan fingerprint density at radius 2 is 2.05 bits per heavy atom. The summed E-state index contributed by atoms with van der Waals surface area (Å²) in [6.07, 6.45) is 2.95. The number of amides is 2. The van der Waals surface area contributed by atoms with Crippen molar-refractivity contribution in [3.63, 3.8) is 0 Å². The zero-order valence-corrected chi connectivity index (χ0v) is 10.2. The Balaban J connectivity index is 2.22. The molecule has 0 aliphatic rings. The van der Waals surface area contributed by atoms with E-state index in [4.69, 9.17) is 5.73 Å². The smallest absolute Gasteiger partial charge is 0.250 e. The fraction of sp³-hybridized carbons (Fsp3) is 0.0769. The van der Waals surface area contributed by atoms with Crippen LogP contribution in [0.3, 0.4) is 0 Å². The van der Waals surface area contributed by atoms with Crippen LogP contribution in [0.15, 0.2) is 30.6 Å². The number of carbonyl (C=O) groups is 2. The minimum absolute atomic E-state index is 0.184. The monoisotopic (exact) mass is 255 g/mol. The molecule has 0 spiro atoms. The van der Waals surface area contributed by atoms with Gasteiger partial charge in [-0.25, -0.2) is 4.98 Å². The minimum Gasteiger partial charge on any atom is -0.366 e. The third-order valence-electron chi connectivity index (χ3n) is 2.32. The number of hydrogen-bond donors (Lipinski definition) is 2. The fourth-order valence-electron chi connectivity index (χ4n) is 1.44. The van der Waals surface area contributed by atoms with Crippen molar-refractivity contribution in [2.75, 3.05) is 5.32 Å². The number of nitrogens with one attached hydrogen (secondary N) is 1. The first-order valence-corrected chi connectivity index (χ1v) is 5.48. The molecular formula is C13H11N4O2. The molecule has 0 unspecified atom stereocenters. The summed E-state index contributed by atoms with van der Waals surface area (Å²) < 4.78 is 0. The summed E-state index contributed by atoms with van der Waals surface area (Å²) in [7, 11) is 0. The van der Waals surface area contributed by atoms with Gasteiger partial charge in [0.05, 0.1) is 11.3 Å². The van der Waals surface area contributed by atoms with Crippen LogP contribution in [0.1, 0.15) is 17.3 Å². The van der Waals surface area contributed by atoms with Crippen molar-refractivity contribution in [2.24, 2.45) is 5.73 Å². The summed E-state index contributed by atoms with van der Waals surface area (Å²) in [6.45, 7) is 1.41. The van der Waals surface area contributed by atoms with Gasteiger partial charge in [-0.2, -0.15) is 0 Å². The highest BCUT2D eigenvalue weighted by molar-refractivity contribution is 5.92. The van der Waals surface area contributed by atoms with Gasteiger partial charge in [0.1, 0.15) is 5.82 Å². The van der Waals surface area contributed by atoms with Gasteiger partial charge in [0.2, 0.25) is 11.8 Å². The molecule has 2 rings (SSSR count). The molecule has 3 N–H and O–H groups in total. The van der Waals surface area contributed by atoms with E-state index in [1.165, 1.54) is 19.2 Å². The van der Waals surface area contributed by atoms with Gasteiger partial charge in [-0.3, -0.25) is 14.6 Å². The van der Waals surface area contributed by atoms with Crippen LogP contribution in [0.25, 0.3) is 11.3 Å². The van der Waals surface area contributed by atoms with Gasteiger partial charge in [0.15, 0.2) is 0 Å². The topological polar surface area (TPSA) is 98.0 Å². The molecule has 0 fully saturated rings. The lowest BCUT2D eigenvalue weighted by Crippen LogP contribution is -2.11. The van der Waals surface area contributed by atoms with E-state index in [2.05, 4.69) is 21.4 Å². The van der Waals surface area contributed by atoms with Crippen molar-refractivity contribution in [3.05, 3.63) is 42.2 Å². The standard InChI is InChI=1S/C13H11N4O2/c1-8(18)17-12-5-3-9(6-16-12)11-4-2-10(7-15-11)13(14)19/h2-3,5-7H,1H3,(H2,14,19)(H,16,17,18). The maximum Gasteiger partial charge on any atom is 0.250 e. The molecule has 95 valence electrons. The predicted octanol–water partition coefficient (Wildman–Crippen LogP) is 1.00. The highest BCUT2D eigenvalue weighted by Crippen LogP contribution is 2.17. The van der Waals surface area contributed by atoms with Crippen LogP contribution < -0.4 is 11.1 Å². The first kappa shape index (κ1) is 12.7. The van der Waals surface area contributed by atoms with Crippen molar-refractivity contribution in [1.82, 2.24) is 9.97 Å². The molecule has 0 saturated carbocycles. The summed E-state index contributed by atoms with van der Waals surface area (Å²) in [6, 6.07) is 7.75. The van der Waals surface area contributed by atoms with Crippen LogP contribution in [0, 0.1) is 6.07 Å². The molecular weight excluding hydrogens is 244 g/mol. The van der Waals surface area contributed by atoms with Gasteiger partial charge in [0, 0.05) is 30.9 Å². The molecule has 6 heteroatoms. The molecule has 2 amide bonds. The van der Waals surface area contributed by atoms with E-state index < -0.39 is 5.91 Å². The zero-order valence-electron chi connectivity index (χ0n) is 10.2. The molecule has 0 bridgehead atoms.